The summed E-state index contributed by atoms with van der Waals surface area (Å²) >= 11 is 0. The molecule has 0 unspecified atom stereocenters. The van der Waals surface area contributed by atoms with Crippen molar-refractivity contribution >= 4 is 10.0 Å². The summed E-state index contributed by atoms with van der Waals surface area (Å²) in [6.07, 6.45) is 4.15. The lowest BCUT2D eigenvalue weighted by Gasteiger charge is -2.40. The van der Waals surface area contributed by atoms with Crippen LogP contribution in [0.1, 0.15) is 43.4 Å². The van der Waals surface area contributed by atoms with E-state index in [1.807, 2.05) is 30.3 Å². The molecule has 1 N–H and O–H groups in total. The van der Waals surface area contributed by atoms with Gasteiger partial charge in [0.05, 0.1) is 10.9 Å². The highest BCUT2D eigenvalue weighted by atomic mass is 32.2. The molecule has 7 nitrogen and oxygen atoms in total. The number of nitrogens with zero attached hydrogens (tertiary/aromatic N) is 2. The Kier molecular flexibility index (Phi) is 5.03. The summed E-state index contributed by atoms with van der Waals surface area (Å²) < 4.78 is 33.2. The Morgan fingerprint density at radius 1 is 1.07 bits per heavy atom. The van der Waals surface area contributed by atoms with Crippen molar-refractivity contribution in [3.8, 4) is 11.4 Å². The van der Waals surface area contributed by atoms with Crippen molar-refractivity contribution in [3.05, 3.63) is 51.9 Å². The first kappa shape index (κ1) is 19.9. The molecule has 2 fully saturated rings. The van der Waals surface area contributed by atoms with E-state index in [0.717, 1.165) is 23.2 Å². The second kappa shape index (κ2) is 7.59. The highest BCUT2D eigenvalue weighted by molar-refractivity contribution is 7.89. The van der Waals surface area contributed by atoms with Crippen LogP contribution in [0.5, 0.6) is 0 Å². The fourth-order valence-electron chi connectivity index (χ4n) is 5.22. The van der Waals surface area contributed by atoms with Crippen molar-refractivity contribution in [2.75, 3.05) is 26.3 Å². The number of fused-ring (bicyclic) bond motifs is 2. The zero-order valence-corrected chi connectivity index (χ0v) is 17.8. The molecule has 1 aliphatic carbocycles. The van der Waals surface area contributed by atoms with Crippen LogP contribution < -0.4 is 5.56 Å². The van der Waals surface area contributed by atoms with Gasteiger partial charge in [-0.15, -0.1) is 0 Å². The number of hydrogen-bond donors (Lipinski definition) is 1. The first-order valence-corrected chi connectivity index (χ1v) is 12.3. The number of piperidine rings is 1. The van der Waals surface area contributed by atoms with E-state index in [0.29, 0.717) is 64.2 Å². The molecule has 3 heterocycles. The number of rotatable bonds is 3. The summed E-state index contributed by atoms with van der Waals surface area (Å²) in [5, 5.41) is -0.332. The van der Waals surface area contributed by atoms with Crippen LogP contribution in [0.3, 0.4) is 0 Å². The van der Waals surface area contributed by atoms with Crippen LogP contribution in [0.2, 0.25) is 0 Å². The molecule has 1 aromatic heterocycles. The molecule has 1 aromatic carbocycles. The third kappa shape index (κ3) is 3.31. The molecular formula is C22H27N3O4S. The molecule has 30 heavy (non-hydrogen) atoms. The van der Waals surface area contributed by atoms with Crippen molar-refractivity contribution in [1.82, 2.24) is 14.3 Å². The zero-order chi connectivity index (χ0) is 20.8. The Balaban J connectivity index is 1.41. The summed E-state index contributed by atoms with van der Waals surface area (Å²) in [6, 6.07) is 9.67. The van der Waals surface area contributed by atoms with Gasteiger partial charge >= 0.3 is 0 Å². The molecule has 5 rings (SSSR count). The maximum absolute atomic E-state index is 13.1. The standard InChI is InChI=1S/C22H27N3O4S/c26-21-18-6-9-22(19(18)23-20(24-21)16-4-2-1-3-5-16)10-12-25(13-11-22)30(27,28)17-7-14-29-15-8-17/h1-5,17H,6-15H2,(H,23,24,26). The van der Waals surface area contributed by atoms with Crippen LogP contribution in [0.25, 0.3) is 11.4 Å². The Labute approximate surface area is 176 Å². The number of sulfonamides is 1. The van der Waals surface area contributed by atoms with E-state index in [4.69, 9.17) is 9.72 Å². The summed E-state index contributed by atoms with van der Waals surface area (Å²) in [7, 11) is -3.30. The molecule has 0 atom stereocenters. The van der Waals surface area contributed by atoms with Gasteiger partial charge in [-0.1, -0.05) is 30.3 Å². The maximum Gasteiger partial charge on any atom is 0.254 e. The fraction of sp³-hybridized carbons (Fsp3) is 0.545. The fourth-order valence-corrected chi connectivity index (χ4v) is 7.13. The number of nitrogens with one attached hydrogen (secondary N) is 1. The number of hydrogen-bond acceptors (Lipinski definition) is 5. The van der Waals surface area contributed by atoms with Crippen molar-refractivity contribution in [2.45, 2.75) is 49.2 Å². The Bertz CT molecular complexity index is 1080. The highest BCUT2D eigenvalue weighted by Crippen LogP contribution is 2.45. The number of aromatic amines is 1. The van der Waals surface area contributed by atoms with Crippen molar-refractivity contribution in [3.63, 3.8) is 0 Å². The van der Waals surface area contributed by atoms with Crippen molar-refractivity contribution in [2.24, 2.45) is 0 Å². The second-order valence-corrected chi connectivity index (χ2v) is 10.9. The average molecular weight is 430 g/mol. The maximum atomic E-state index is 13.1. The van der Waals surface area contributed by atoms with Crippen LogP contribution in [0, 0.1) is 0 Å². The minimum absolute atomic E-state index is 0.0621. The van der Waals surface area contributed by atoms with Gasteiger partial charge in [-0.25, -0.2) is 17.7 Å². The number of H-pyrrole nitrogens is 1. The Hall–Kier alpha value is -2.03. The molecule has 0 saturated carbocycles. The van der Waals surface area contributed by atoms with Crippen molar-refractivity contribution < 1.29 is 13.2 Å². The molecule has 0 amide bonds. The predicted molar refractivity (Wildman–Crippen MR) is 114 cm³/mol. The minimum Gasteiger partial charge on any atom is -0.381 e. The van der Waals surface area contributed by atoms with E-state index < -0.39 is 10.0 Å². The topological polar surface area (TPSA) is 92.4 Å². The van der Waals surface area contributed by atoms with E-state index in [2.05, 4.69) is 4.98 Å². The molecule has 3 aliphatic rings. The van der Waals surface area contributed by atoms with Gasteiger partial charge < -0.3 is 9.72 Å². The van der Waals surface area contributed by atoms with E-state index in [9.17, 15) is 13.2 Å². The molecule has 2 aromatic rings. The first-order chi connectivity index (χ1) is 14.5. The zero-order valence-electron chi connectivity index (χ0n) is 17.0. The van der Waals surface area contributed by atoms with E-state index >= 15 is 0 Å². The van der Waals surface area contributed by atoms with Gasteiger partial charge in [0, 0.05) is 42.8 Å². The largest absolute Gasteiger partial charge is 0.381 e. The van der Waals surface area contributed by atoms with Gasteiger partial charge in [0.15, 0.2) is 0 Å². The van der Waals surface area contributed by atoms with Crippen LogP contribution in [0.15, 0.2) is 35.1 Å². The molecular weight excluding hydrogens is 402 g/mol. The number of ether oxygens (including phenoxy) is 1. The predicted octanol–water partition coefficient (Wildman–Crippen LogP) is 2.23. The molecule has 1 spiro atoms. The molecule has 2 aliphatic heterocycles. The summed E-state index contributed by atoms with van der Waals surface area (Å²) in [5.41, 5.74) is 2.28. The van der Waals surface area contributed by atoms with Crippen LogP contribution in [-0.4, -0.2) is 54.2 Å². The summed E-state index contributed by atoms with van der Waals surface area (Å²) in [6.45, 7) is 2.02. The average Bonchev–Trinajstić information content (AvgIpc) is 3.14. The summed E-state index contributed by atoms with van der Waals surface area (Å²) in [5.74, 6) is 0.595. The van der Waals surface area contributed by atoms with Gasteiger partial charge in [0.2, 0.25) is 10.0 Å². The SMILES string of the molecule is O=c1[nH]c(-c2ccccc2)nc2c1CCC21CCN(S(=O)(=O)C2CCOCC2)CC1. The molecule has 0 radical (unpaired) electrons. The van der Waals surface area contributed by atoms with Crippen LogP contribution in [0.4, 0.5) is 0 Å². The molecule has 0 bridgehead atoms. The first-order valence-electron chi connectivity index (χ1n) is 10.8. The van der Waals surface area contributed by atoms with Crippen LogP contribution in [-0.2, 0) is 26.6 Å². The van der Waals surface area contributed by atoms with E-state index in [1.165, 1.54) is 0 Å². The molecule has 160 valence electrons. The van der Waals surface area contributed by atoms with E-state index in [1.54, 1.807) is 4.31 Å². The van der Waals surface area contributed by atoms with Crippen LogP contribution >= 0.6 is 0 Å². The Morgan fingerprint density at radius 3 is 2.47 bits per heavy atom. The lowest BCUT2D eigenvalue weighted by atomic mass is 9.76. The third-order valence-corrected chi connectivity index (χ3v) is 9.45. The molecule has 2 saturated heterocycles. The minimum atomic E-state index is -3.30. The third-order valence-electron chi connectivity index (χ3n) is 7.05. The lowest BCUT2D eigenvalue weighted by Crippen LogP contribution is -2.48. The monoisotopic (exact) mass is 429 g/mol. The second-order valence-electron chi connectivity index (χ2n) is 8.64. The van der Waals surface area contributed by atoms with Crippen molar-refractivity contribution in [1.29, 1.82) is 0 Å². The number of aromatic nitrogens is 2. The molecule has 8 heteroatoms. The van der Waals surface area contributed by atoms with Gasteiger partial charge in [0.1, 0.15) is 5.82 Å². The highest BCUT2D eigenvalue weighted by Gasteiger charge is 2.46. The number of benzene rings is 1. The van der Waals surface area contributed by atoms with Gasteiger partial charge in [-0.3, -0.25) is 4.79 Å². The van der Waals surface area contributed by atoms with E-state index in [-0.39, 0.29) is 16.2 Å². The lowest BCUT2D eigenvalue weighted by molar-refractivity contribution is 0.0965. The quantitative estimate of drug-likeness (QED) is 0.808. The Morgan fingerprint density at radius 2 is 1.77 bits per heavy atom. The van der Waals surface area contributed by atoms with Gasteiger partial charge in [-0.2, -0.15) is 0 Å². The summed E-state index contributed by atoms with van der Waals surface area (Å²) in [4.78, 5) is 20.6. The normalized spacial score (nSPS) is 22.3. The smallest absolute Gasteiger partial charge is 0.254 e. The van der Waals surface area contributed by atoms with Gasteiger partial charge in [0.25, 0.3) is 5.56 Å². The van der Waals surface area contributed by atoms with Gasteiger partial charge in [-0.05, 0) is 38.5 Å².